The molecule has 0 aliphatic rings. The van der Waals surface area contributed by atoms with E-state index in [1.165, 1.54) is 12.4 Å². The van der Waals surface area contributed by atoms with E-state index in [9.17, 15) is 4.79 Å². The zero-order valence-electron chi connectivity index (χ0n) is 9.01. The molecule has 0 bridgehead atoms. The third-order valence-corrected chi connectivity index (χ3v) is 2.29. The molecule has 2 rings (SSSR count). The van der Waals surface area contributed by atoms with Gasteiger partial charge in [0, 0.05) is 18.1 Å². The van der Waals surface area contributed by atoms with Gasteiger partial charge in [0.15, 0.2) is 0 Å². The van der Waals surface area contributed by atoms with Gasteiger partial charge in [-0.05, 0) is 18.6 Å². The zero-order chi connectivity index (χ0) is 12.3. The predicted molar refractivity (Wildman–Crippen MR) is 64.0 cm³/mol. The van der Waals surface area contributed by atoms with Gasteiger partial charge in [-0.3, -0.25) is 14.8 Å². The standard InChI is InChI=1S/C11H9ClN4O/c1-7-4-13-3-2-8(7)16-11(17)9-5-14-6-10(12)15-9/h2-6H,1H3,(H,13,16,17). The first-order valence-electron chi connectivity index (χ1n) is 4.86. The van der Waals surface area contributed by atoms with Crippen LogP contribution < -0.4 is 5.32 Å². The minimum Gasteiger partial charge on any atom is -0.320 e. The van der Waals surface area contributed by atoms with Crippen LogP contribution in [0.25, 0.3) is 0 Å². The van der Waals surface area contributed by atoms with E-state index in [0.29, 0.717) is 5.69 Å². The Hall–Kier alpha value is -2.01. The third kappa shape index (κ3) is 2.76. The number of carbonyl (C=O) groups excluding carboxylic acids is 1. The van der Waals surface area contributed by atoms with Gasteiger partial charge < -0.3 is 5.32 Å². The number of carbonyl (C=O) groups is 1. The largest absolute Gasteiger partial charge is 0.320 e. The van der Waals surface area contributed by atoms with Gasteiger partial charge in [0.1, 0.15) is 10.8 Å². The average molecular weight is 249 g/mol. The predicted octanol–water partition coefficient (Wildman–Crippen LogP) is 2.09. The van der Waals surface area contributed by atoms with Crippen molar-refractivity contribution in [2.75, 3.05) is 5.32 Å². The maximum atomic E-state index is 11.8. The van der Waals surface area contributed by atoms with E-state index in [-0.39, 0.29) is 16.8 Å². The number of hydrogen-bond donors (Lipinski definition) is 1. The molecule has 0 aromatic carbocycles. The molecule has 2 heterocycles. The lowest BCUT2D eigenvalue weighted by Crippen LogP contribution is -2.14. The number of pyridine rings is 1. The molecule has 0 radical (unpaired) electrons. The highest BCUT2D eigenvalue weighted by molar-refractivity contribution is 6.29. The van der Waals surface area contributed by atoms with Gasteiger partial charge in [-0.25, -0.2) is 4.98 Å². The summed E-state index contributed by atoms with van der Waals surface area (Å²) in [6.45, 7) is 1.85. The lowest BCUT2D eigenvalue weighted by atomic mass is 10.2. The van der Waals surface area contributed by atoms with Crippen molar-refractivity contribution in [2.24, 2.45) is 0 Å². The first kappa shape index (κ1) is 11.5. The van der Waals surface area contributed by atoms with Crippen LogP contribution in [0.5, 0.6) is 0 Å². The first-order chi connectivity index (χ1) is 8.16. The van der Waals surface area contributed by atoms with Gasteiger partial charge >= 0.3 is 0 Å². The molecule has 0 atom stereocenters. The SMILES string of the molecule is Cc1cnccc1NC(=O)c1cncc(Cl)n1. The topological polar surface area (TPSA) is 67.8 Å². The molecule has 0 aliphatic carbocycles. The second kappa shape index (κ2) is 4.88. The van der Waals surface area contributed by atoms with Crippen LogP contribution in [-0.4, -0.2) is 20.9 Å². The number of amides is 1. The number of aryl methyl sites for hydroxylation is 1. The first-order valence-corrected chi connectivity index (χ1v) is 5.24. The van der Waals surface area contributed by atoms with Gasteiger partial charge in [0.2, 0.25) is 0 Å². The lowest BCUT2D eigenvalue weighted by molar-refractivity contribution is 0.102. The molecule has 0 fully saturated rings. The van der Waals surface area contributed by atoms with Crippen molar-refractivity contribution in [3.63, 3.8) is 0 Å². The summed E-state index contributed by atoms with van der Waals surface area (Å²) in [5.41, 5.74) is 1.73. The normalized spacial score (nSPS) is 10.0. The Morgan fingerprint density at radius 1 is 1.29 bits per heavy atom. The molecule has 0 saturated carbocycles. The molecule has 6 heteroatoms. The van der Waals surface area contributed by atoms with Crippen LogP contribution in [0, 0.1) is 6.92 Å². The molecule has 0 spiro atoms. The fraction of sp³-hybridized carbons (Fsp3) is 0.0909. The second-order valence-corrected chi connectivity index (χ2v) is 3.76. The lowest BCUT2D eigenvalue weighted by Gasteiger charge is -2.06. The molecule has 1 N–H and O–H groups in total. The Balaban J connectivity index is 2.20. The van der Waals surface area contributed by atoms with Crippen molar-refractivity contribution in [1.29, 1.82) is 0 Å². The quantitative estimate of drug-likeness (QED) is 0.884. The van der Waals surface area contributed by atoms with E-state index in [1.807, 2.05) is 6.92 Å². The Labute approximate surface area is 103 Å². The molecule has 5 nitrogen and oxygen atoms in total. The highest BCUT2D eigenvalue weighted by atomic mass is 35.5. The van der Waals surface area contributed by atoms with Crippen LogP contribution in [0.3, 0.4) is 0 Å². The summed E-state index contributed by atoms with van der Waals surface area (Å²) in [4.78, 5) is 23.4. The Kier molecular flexibility index (Phi) is 3.30. The number of halogens is 1. The number of aromatic nitrogens is 3. The number of hydrogen-bond acceptors (Lipinski definition) is 4. The minimum absolute atomic E-state index is 0.175. The Morgan fingerprint density at radius 2 is 2.12 bits per heavy atom. The van der Waals surface area contributed by atoms with E-state index < -0.39 is 0 Å². The molecule has 17 heavy (non-hydrogen) atoms. The van der Waals surface area contributed by atoms with Gasteiger partial charge in [0.05, 0.1) is 12.4 Å². The molecular weight excluding hydrogens is 240 g/mol. The van der Waals surface area contributed by atoms with Crippen LogP contribution >= 0.6 is 11.6 Å². The van der Waals surface area contributed by atoms with Crippen molar-refractivity contribution < 1.29 is 4.79 Å². The van der Waals surface area contributed by atoms with Crippen LogP contribution in [0.15, 0.2) is 30.9 Å². The second-order valence-electron chi connectivity index (χ2n) is 3.37. The fourth-order valence-corrected chi connectivity index (χ4v) is 1.40. The van der Waals surface area contributed by atoms with E-state index >= 15 is 0 Å². The molecular formula is C11H9ClN4O. The molecule has 2 aromatic rings. The van der Waals surface area contributed by atoms with Crippen LogP contribution in [-0.2, 0) is 0 Å². The van der Waals surface area contributed by atoms with Gasteiger partial charge in [-0.1, -0.05) is 11.6 Å². The number of anilines is 1. The van der Waals surface area contributed by atoms with Crippen LogP contribution in [0.2, 0.25) is 5.15 Å². The third-order valence-electron chi connectivity index (χ3n) is 2.11. The molecule has 0 saturated heterocycles. The van der Waals surface area contributed by atoms with Crippen molar-refractivity contribution in [1.82, 2.24) is 15.0 Å². The van der Waals surface area contributed by atoms with Crippen molar-refractivity contribution in [3.8, 4) is 0 Å². The highest BCUT2D eigenvalue weighted by Gasteiger charge is 2.09. The molecule has 0 aliphatic heterocycles. The van der Waals surface area contributed by atoms with Gasteiger partial charge in [0.25, 0.3) is 5.91 Å². The summed E-state index contributed by atoms with van der Waals surface area (Å²) in [5, 5.41) is 2.90. The summed E-state index contributed by atoms with van der Waals surface area (Å²) in [5.74, 6) is -0.352. The van der Waals surface area contributed by atoms with Crippen molar-refractivity contribution >= 4 is 23.2 Å². The van der Waals surface area contributed by atoms with Crippen molar-refractivity contribution in [2.45, 2.75) is 6.92 Å². The Morgan fingerprint density at radius 3 is 2.82 bits per heavy atom. The maximum Gasteiger partial charge on any atom is 0.275 e. The maximum absolute atomic E-state index is 11.8. The zero-order valence-corrected chi connectivity index (χ0v) is 9.77. The minimum atomic E-state index is -0.352. The summed E-state index contributed by atoms with van der Waals surface area (Å²) >= 11 is 5.66. The van der Waals surface area contributed by atoms with Gasteiger partial charge in [-0.15, -0.1) is 0 Å². The summed E-state index contributed by atoms with van der Waals surface area (Å²) in [7, 11) is 0. The average Bonchev–Trinajstić information content (AvgIpc) is 2.32. The van der Waals surface area contributed by atoms with E-state index in [1.54, 1.807) is 18.5 Å². The highest BCUT2D eigenvalue weighted by Crippen LogP contribution is 2.13. The van der Waals surface area contributed by atoms with Crippen LogP contribution in [0.1, 0.15) is 16.1 Å². The van der Waals surface area contributed by atoms with Gasteiger partial charge in [-0.2, -0.15) is 0 Å². The van der Waals surface area contributed by atoms with Crippen molar-refractivity contribution in [3.05, 3.63) is 47.3 Å². The summed E-state index contributed by atoms with van der Waals surface area (Å²) < 4.78 is 0. The van der Waals surface area contributed by atoms with E-state index in [4.69, 9.17) is 11.6 Å². The van der Waals surface area contributed by atoms with E-state index in [0.717, 1.165) is 5.56 Å². The van der Waals surface area contributed by atoms with Crippen LogP contribution in [0.4, 0.5) is 5.69 Å². The van der Waals surface area contributed by atoms with E-state index in [2.05, 4.69) is 20.3 Å². The number of nitrogens with one attached hydrogen (secondary N) is 1. The molecule has 2 aromatic heterocycles. The number of nitrogens with zero attached hydrogens (tertiary/aromatic N) is 3. The number of rotatable bonds is 2. The molecule has 1 amide bonds. The summed E-state index contributed by atoms with van der Waals surface area (Å²) in [6.07, 6.45) is 6.00. The fourth-order valence-electron chi connectivity index (χ4n) is 1.25. The monoisotopic (exact) mass is 248 g/mol. The Bertz CT molecular complexity index is 559. The molecule has 0 unspecified atom stereocenters. The smallest absolute Gasteiger partial charge is 0.275 e. The summed E-state index contributed by atoms with van der Waals surface area (Å²) in [6, 6.07) is 1.71. The molecule has 86 valence electrons.